The summed E-state index contributed by atoms with van der Waals surface area (Å²) in [4.78, 5) is 23.5. The van der Waals surface area contributed by atoms with Gasteiger partial charge in [0.15, 0.2) is 6.10 Å². The summed E-state index contributed by atoms with van der Waals surface area (Å²) in [6.07, 6.45) is -0.149. The minimum absolute atomic E-state index is 0.323. The van der Waals surface area contributed by atoms with Gasteiger partial charge in [0, 0.05) is 25.9 Å². The van der Waals surface area contributed by atoms with Crippen LogP contribution in [0.25, 0.3) is 0 Å². The number of nitrogen functional groups attached to an aromatic ring is 1. The summed E-state index contributed by atoms with van der Waals surface area (Å²) in [5.41, 5.74) is 6.37. The number of ether oxygens (including phenoxy) is 2. The second kappa shape index (κ2) is 8.16. The molecular formula is C14H20N2O4. The normalized spacial score (nSPS) is 11.7. The van der Waals surface area contributed by atoms with Crippen molar-refractivity contribution in [3.8, 4) is 0 Å². The quantitative estimate of drug-likeness (QED) is 0.441. The standard InChI is InChI=1S/C14H20N2O4/c1-10(13(17)16-7-4-8-19-2)20-14(18)11-5-3-6-12(15)9-11/h3,5-6,9-10H,4,7-8,15H2,1-2H3,(H,16,17). The number of rotatable bonds is 7. The summed E-state index contributed by atoms with van der Waals surface area (Å²) >= 11 is 0. The fourth-order valence-electron chi connectivity index (χ4n) is 1.52. The summed E-state index contributed by atoms with van der Waals surface area (Å²) in [7, 11) is 1.60. The highest BCUT2D eigenvalue weighted by Gasteiger charge is 2.18. The number of esters is 1. The van der Waals surface area contributed by atoms with Crippen molar-refractivity contribution in [2.45, 2.75) is 19.4 Å². The van der Waals surface area contributed by atoms with Crippen molar-refractivity contribution in [1.29, 1.82) is 0 Å². The molecule has 1 atom stereocenters. The number of carbonyl (C=O) groups excluding carboxylic acids is 2. The number of nitrogens with two attached hydrogens (primary N) is 1. The fourth-order valence-corrected chi connectivity index (χ4v) is 1.52. The zero-order valence-corrected chi connectivity index (χ0v) is 11.7. The summed E-state index contributed by atoms with van der Waals surface area (Å²) in [6.45, 7) is 2.57. The molecular weight excluding hydrogens is 260 g/mol. The van der Waals surface area contributed by atoms with Crippen LogP contribution in [0.3, 0.4) is 0 Å². The molecule has 0 aliphatic rings. The third-order valence-corrected chi connectivity index (χ3v) is 2.60. The first-order valence-electron chi connectivity index (χ1n) is 6.37. The summed E-state index contributed by atoms with van der Waals surface area (Å²) in [6, 6.07) is 6.41. The first-order valence-corrected chi connectivity index (χ1v) is 6.37. The summed E-state index contributed by atoms with van der Waals surface area (Å²) in [5, 5.41) is 2.66. The summed E-state index contributed by atoms with van der Waals surface area (Å²) < 4.78 is 9.94. The van der Waals surface area contributed by atoms with Crippen LogP contribution in [-0.2, 0) is 14.3 Å². The molecule has 1 aromatic rings. The van der Waals surface area contributed by atoms with Crippen molar-refractivity contribution in [2.24, 2.45) is 0 Å². The van der Waals surface area contributed by atoms with Gasteiger partial charge < -0.3 is 20.5 Å². The van der Waals surface area contributed by atoms with Gasteiger partial charge in [-0.1, -0.05) is 6.07 Å². The smallest absolute Gasteiger partial charge is 0.338 e. The van der Waals surface area contributed by atoms with Gasteiger partial charge in [-0.25, -0.2) is 4.79 Å². The van der Waals surface area contributed by atoms with E-state index in [2.05, 4.69) is 5.32 Å². The Kier molecular flexibility index (Phi) is 6.52. The molecule has 0 bridgehead atoms. The molecule has 6 nitrogen and oxygen atoms in total. The zero-order valence-electron chi connectivity index (χ0n) is 11.7. The van der Waals surface area contributed by atoms with Crippen molar-refractivity contribution in [2.75, 3.05) is 26.0 Å². The molecule has 110 valence electrons. The number of amides is 1. The molecule has 0 saturated heterocycles. The summed E-state index contributed by atoms with van der Waals surface area (Å²) in [5.74, 6) is -0.907. The first kappa shape index (κ1) is 16.0. The van der Waals surface area contributed by atoms with E-state index in [1.807, 2.05) is 0 Å². The van der Waals surface area contributed by atoms with Crippen molar-refractivity contribution in [1.82, 2.24) is 5.32 Å². The maximum Gasteiger partial charge on any atom is 0.338 e. The maximum atomic E-state index is 11.8. The van der Waals surface area contributed by atoms with E-state index in [1.165, 1.54) is 13.0 Å². The number of hydrogen-bond donors (Lipinski definition) is 2. The van der Waals surface area contributed by atoms with Gasteiger partial charge >= 0.3 is 5.97 Å². The van der Waals surface area contributed by atoms with Crippen molar-refractivity contribution >= 4 is 17.6 Å². The van der Waals surface area contributed by atoms with Crippen molar-refractivity contribution < 1.29 is 19.1 Å². The Bertz CT molecular complexity index is 462. The molecule has 0 aliphatic carbocycles. The molecule has 0 aromatic heterocycles. The number of benzene rings is 1. The second-order valence-corrected chi connectivity index (χ2v) is 4.31. The lowest BCUT2D eigenvalue weighted by Crippen LogP contribution is -2.36. The average Bonchev–Trinajstić information content (AvgIpc) is 2.43. The molecule has 1 unspecified atom stereocenters. The van der Waals surface area contributed by atoms with Crippen LogP contribution in [0.2, 0.25) is 0 Å². The van der Waals surface area contributed by atoms with Crippen molar-refractivity contribution in [3.63, 3.8) is 0 Å². The molecule has 0 saturated carbocycles. The fraction of sp³-hybridized carbons (Fsp3) is 0.429. The largest absolute Gasteiger partial charge is 0.449 e. The van der Waals surface area contributed by atoms with Gasteiger partial charge in [0.05, 0.1) is 5.56 Å². The number of methoxy groups -OCH3 is 1. The zero-order chi connectivity index (χ0) is 15.0. The van der Waals surface area contributed by atoms with Crippen LogP contribution < -0.4 is 11.1 Å². The maximum absolute atomic E-state index is 11.8. The molecule has 20 heavy (non-hydrogen) atoms. The van der Waals surface area contributed by atoms with Gasteiger partial charge in [-0.3, -0.25) is 4.79 Å². The van der Waals surface area contributed by atoms with Gasteiger partial charge in [0.2, 0.25) is 0 Å². The van der Waals surface area contributed by atoms with Gasteiger partial charge in [-0.15, -0.1) is 0 Å². The minimum Gasteiger partial charge on any atom is -0.449 e. The van der Waals surface area contributed by atoms with Crippen LogP contribution >= 0.6 is 0 Å². The number of anilines is 1. The van der Waals surface area contributed by atoms with E-state index in [1.54, 1.807) is 25.3 Å². The van der Waals surface area contributed by atoms with Gasteiger partial charge in [-0.2, -0.15) is 0 Å². The molecule has 0 radical (unpaired) electrons. The number of carbonyl (C=O) groups is 2. The average molecular weight is 280 g/mol. The molecule has 0 aliphatic heterocycles. The van der Waals surface area contributed by atoms with Crippen LogP contribution in [0.5, 0.6) is 0 Å². The van der Waals surface area contributed by atoms with Crippen LogP contribution in [0, 0.1) is 0 Å². The van der Waals surface area contributed by atoms with Crippen LogP contribution in [0.1, 0.15) is 23.7 Å². The Morgan fingerprint density at radius 3 is 2.80 bits per heavy atom. The third kappa shape index (κ3) is 5.27. The van der Waals surface area contributed by atoms with Crippen molar-refractivity contribution in [3.05, 3.63) is 29.8 Å². The first-order chi connectivity index (χ1) is 9.54. The topological polar surface area (TPSA) is 90.6 Å². The molecule has 0 spiro atoms. The van der Waals surface area contributed by atoms with E-state index in [0.717, 1.165) is 0 Å². The van der Waals surface area contributed by atoms with E-state index in [-0.39, 0.29) is 5.91 Å². The lowest BCUT2D eigenvalue weighted by atomic mass is 10.2. The van der Waals surface area contributed by atoms with Gasteiger partial charge in [0.25, 0.3) is 5.91 Å². The minimum atomic E-state index is -0.855. The highest BCUT2D eigenvalue weighted by atomic mass is 16.5. The van der Waals surface area contributed by atoms with E-state index in [0.29, 0.717) is 30.8 Å². The van der Waals surface area contributed by atoms with Crippen LogP contribution in [0.4, 0.5) is 5.69 Å². The van der Waals surface area contributed by atoms with E-state index >= 15 is 0 Å². The second-order valence-electron chi connectivity index (χ2n) is 4.31. The number of nitrogens with one attached hydrogen (secondary N) is 1. The molecule has 3 N–H and O–H groups in total. The lowest BCUT2D eigenvalue weighted by molar-refractivity contribution is -0.129. The van der Waals surface area contributed by atoms with E-state index < -0.39 is 12.1 Å². The molecule has 1 aromatic carbocycles. The Hall–Kier alpha value is -2.08. The van der Waals surface area contributed by atoms with Crippen LogP contribution in [-0.4, -0.2) is 38.2 Å². The highest BCUT2D eigenvalue weighted by molar-refractivity contribution is 5.92. The lowest BCUT2D eigenvalue weighted by Gasteiger charge is -2.13. The Labute approximate surface area is 118 Å². The molecule has 6 heteroatoms. The molecule has 0 heterocycles. The Balaban J connectivity index is 2.43. The van der Waals surface area contributed by atoms with Gasteiger partial charge in [0.1, 0.15) is 0 Å². The molecule has 1 rings (SSSR count). The van der Waals surface area contributed by atoms with Gasteiger partial charge in [-0.05, 0) is 31.5 Å². The Morgan fingerprint density at radius 1 is 1.40 bits per heavy atom. The number of hydrogen-bond acceptors (Lipinski definition) is 5. The predicted octanol–water partition coefficient (Wildman–Crippen LogP) is 0.967. The van der Waals surface area contributed by atoms with E-state index in [9.17, 15) is 9.59 Å². The highest BCUT2D eigenvalue weighted by Crippen LogP contribution is 2.09. The molecule has 1 amide bonds. The Morgan fingerprint density at radius 2 is 2.15 bits per heavy atom. The van der Waals surface area contributed by atoms with Crippen LogP contribution in [0.15, 0.2) is 24.3 Å². The monoisotopic (exact) mass is 280 g/mol. The SMILES string of the molecule is COCCCNC(=O)C(C)OC(=O)c1cccc(N)c1. The third-order valence-electron chi connectivity index (χ3n) is 2.60. The van der Waals surface area contributed by atoms with E-state index in [4.69, 9.17) is 15.2 Å². The molecule has 0 fully saturated rings. The predicted molar refractivity (Wildman–Crippen MR) is 75.2 cm³/mol.